The van der Waals surface area contributed by atoms with Crippen molar-refractivity contribution in [2.24, 2.45) is 5.92 Å². The molecule has 1 aliphatic rings. The van der Waals surface area contributed by atoms with Gasteiger partial charge in [0.05, 0.1) is 11.5 Å². The number of carbonyl (C=O) groups excluding carboxylic acids is 1. The Morgan fingerprint density at radius 2 is 2.14 bits per heavy atom. The highest BCUT2D eigenvalue weighted by Gasteiger charge is 2.42. The minimum absolute atomic E-state index is 0.0711. The second-order valence-electron chi connectivity index (χ2n) is 5.07. The van der Waals surface area contributed by atoms with Gasteiger partial charge in [-0.15, -0.1) is 0 Å². The monoisotopic (exact) mass is 320 g/mol. The average Bonchev–Trinajstić information content (AvgIpc) is 2.45. The van der Waals surface area contributed by atoms with Crippen molar-refractivity contribution in [1.82, 2.24) is 4.90 Å². The molecule has 1 aromatic carbocycles. The lowest BCUT2D eigenvalue weighted by molar-refractivity contribution is -0.184. The number of piperidine rings is 1. The van der Waals surface area contributed by atoms with E-state index >= 15 is 0 Å². The Kier molecular flexibility index (Phi) is 4.66. The van der Waals surface area contributed by atoms with E-state index in [9.17, 15) is 18.0 Å². The van der Waals surface area contributed by atoms with Gasteiger partial charge in [0.15, 0.2) is 0 Å². The van der Waals surface area contributed by atoms with Crippen molar-refractivity contribution < 1.29 is 18.0 Å². The summed E-state index contributed by atoms with van der Waals surface area (Å²) in [6.45, 7) is 0.0408. The van der Waals surface area contributed by atoms with Crippen LogP contribution in [0.15, 0.2) is 18.2 Å². The zero-order chi connectivity index (χ0) is 15.6. The number of amides is 1. The molecule has 0 saturated carbocycles. The number of likely N-dealkylation sites (tertiary alicyclic amines) is 1. The molecule has 7 heteroatoms. The molecule has 0 aromatic heterocycles. The number of alkyl halides is 3. The maximum atomic E-state index is 12.8. The minimum Gasteiger partial charge on any atom is -0.387 e. The Labute approximate surface area is 126 Å². The fourth-order valence-corrected chi connectivity index (χ4v) is 2.68. The van der Waals surface area contributed by atoms with Gasteiger partial charge in [-0.05, 0) is 31.0 Å². The van der Waals surface area contributed by atoms with Crippen molar-refractivity contribution in [3.05, 3.63) is 28.8 Å². The molecule has 0 bridgehead atoms. The molecule has 1 fully saturated rings. The molecule has 21 heavy (non-hydrogen) atoms. The summed E-state index contributed by atoms with van der Waals surface area (Å²) in [6.07, 6.45) is -3.84. The first-order chi connectivity index (χ1) is 9.82. The Balaban J connectivity index is 2.22. The molecular formula is C14H16ClF3N2O. The lowest BCUT2D eigenvalue weighted by Gasteiger charge is -2.34. The summed E-state index contributed by atoms with van der Waals surface area (Å²) in [5.74, 6) is -1.87. The van der Waals surface area contributed by atoms with Crippen LogP contribution in [0.1, 0.15) is 23.2 Å². The zero-order valence-corrected chi connectivity index (χ0v) is 12.3. The van der Waals surface area contributed by atoms with Crippen molar-refractivity contribution >= 4 is 23.2 Å². The van der Waals surface area contributed by atoms with E-state index < -0.39 is 18.0 Å². The van der Waals surface area contributed by atoms with Crippen LogP contribution >= 0.6 is 11.6 Å². The van der Waals surface area contributed by atoms with E-state index in [4.69, 9.17) is 11.6 Å². The van der Waals surface area contributed by atoms with Gasteiger partial charge in [-0.1, -0.05) is 11.6 Å². The van der Waals surface area contributed by atoms with E-state index in [2.05, 4.69) is 5.32 Å². The molecule has 1 amide bonds. The van der Waals surface area contributed by atoms with Gasteiger partial charge in [0, 0.05) is 30.8 Å². The summed E-state index contributed by atoms with van der Waals surface area (Å²) >= 11 is 5.88. The molecule has 0 spiro atoms. The predicted octanol–water partition coefficient (Wildman–Crippen LogP) is 3.80. The van der Waals surface area contributed by atoms with E-state index in [1.165, 1.54) is 11.0 Å². The van der Waals surface area contributed by atoms with Crippen molar-refractivity contribution in [2.75, 3.05) is 25.5 Å². The van der Waals surface area contributed by atoms with E-state index in [0.717, 1.165) is 0 Å². The first-order valence-electron chi connectivity index (χ1n) is 6.66. The molecule has 1 aliphatic heterocycles. The number of halogens is 4. The van der Waals surface area contributed by atoms with Gasteiger partial charge < -0.3 is 10.2 Å². The van der Waals surface area contributed by atoms with E-state index in [1.807, 2.05) is 0 Å². The van der Waals surface area contributed by atoms with E-state index in [-0.39, 0.29) is 13.0 Å². The van der Waals surface area contributed by atoms with Crippen LogP contribution in [0.25, 0.3) is 0 Å². The number of carbonyl (C=O) groups is 1. The number of nitrogens with one attached hydrogen (secondary N) is 1. The number of anilines is 1. The topological polar surface area (TPSA) is 32.3 Å². The Morgan fingerprint density at radius 3 is 2.76 bits per heavy atom. The van der Waals surface area contributed by atoms with Crippen LogP contribution in [0.5, 0.6) is 0 Å². The van der Waals surface area contributed by atoms with Crippen LogP contribution in [0, 0.1) is 5.92 Å². The standard InChI is InChI=1S/C14H16ClF3N2O/c1-19-12-5-4-10(15)7-11(12)13(21)20-6-2-3-9(8-20)14(16,17)18/h4-5,7,9,19H,2-3,6,8H2,1H3. The minimum atomic E-state index is -4.26. The summed E-state index contributed by atoms with van der Waals surface area (Å²) in [4.78, 5) is 13.7. The van der Waals surface area contributed by atoms with Crippen LogP contribution in [-0.4, -0.2) is 37.1 Å². The lowest BCUT2D eigenvalue weighted by atomic mass is 9.96. The fourth-order valence-electron chi connectivity index (χ4n) is 2.51. The van der Waals surface area contributed by atoms with Crippen molar-refractivity contribution in [3.8, 4) is 0 Å². The summed E-state index contributed by atoms with van der Waals surface area (Å²) < 4.78 is 38.5. The molecule has 1 atom stereocenters. The second kappa shape index (κ2) is 6.13. The summed E-state index contributed by atoms with van der Waals surface area (Å²) in [5, 5.41) is 3.23. The van der Waals surface area contributed by atoms with Gasteiger partial charge in [0.25, 0.3) is 5.91 Å². The van der Waals surface area contributed by atoms with Gasteiger partial charge in [0.1, 0.15) is 0 Å². The smallest absolute Gasteiger partial charge is 0.387 e. The van der Waals surface area contributed by atoms with Crippen molar-refractivity contribution in [3.63, 3.8) is 0 Å². The maximum absolute atomic E-state index is 12.8. The highest BCUT2D eigenvalue weighted by molar-refractivity contribution is 6.31. The first kappa shape index (κ1) is 15.9. The molecule has 1 saturated heterocycles. The van der Waals surface area contributed by atoms with Crippen LogP contribution in [0.4, 0.5) is 18.9 Å². The largest absolute Gasteiger partial charge is 0.393 e. The first-order valence-corrected chi connectivity index (χ1v) is 7.04. The third-order valence-corrected chi connectivity index (χ3v) is 3.89. The molecule has 0 aliphatic carbocycles. The third kappa shape index (κ3) is 3.61. The number of benzene rings is 1. The highest BCUT2D eigenvalue weighted by atomic mass is 35.5. The second-order valence-corrected chi connectivity index (χ2v) is 5.51. The molecule has 116 valence electrons. The zero-order valence-electron chi connectivity index (χ0n) is 11.5. The van der Waals surface area contributed by atoms with Crippen molar-refractivity contribution in [2.45, 2.75) is 19.0 Å². The molecule has 0 radical (unpaired) electrons. The summed E-state index contributed by atoms with van der Waals surface area (Å²) in [5.41, 5.74) is 0.853. The highest BCUT2D eigenvalue weighted by Crippen LogP contribution is 2.34. The molecule has 1 N–H and O–H groups in total. The predicted molar refractivity (Wildman–Crippen MR) is 75.7 cm³/mol. The molecular weight excluding hydrogens is 305 g/mol. The SMILES string of the molecule is CNc1ccc(Cl)cc1C(=O)N1CCCC(C(F)(F)F)C1. The van der Waals surface area contributed by atoms with Crippen LogP contribution in [0.2, 0.25) is 5.02 Å². The molecule has 2 rings (SSSR count). The van der Waals surface area contributed by atoms with Crippen LogP contribution in [0.3, 0.4) is 0 Å². The molecule has 1 aromatic rings. The van der Waals surface area contributed by atoms with Gasteiger partial charge in [-0.25, -0.2) is 0 Å². The summed E-state index contributed by atoms with van der Waals surface area (Å²) in [6, 6.07) is 4.74. The van der Waals surface area contributed by atoms with Gasteiger partial charge in [-0.2, -0.15) is 13.2 Å². The molecule has 1 heterocycles. The summed E-state index contributed by atoms with van der Waals surface area (Å²) in [7, 11) is 1.65. The average molecular weight is 321 g/mol. The van der Waals surface area contributed by atoms with Crippen LogP contribution in [-0.2, 0) is 0 Å². The quantitative estimate of drug-likeness (QED) is 0.899. The van der Waals surface area contributed by atoms with Gasteiger partial charge in [0.2, 0.25) is 0 Å². The number of hydrogen-bond acceptors (Lipinski definition) is 2. The number of hydrogen-bond donors (Lipinski definition) is 1. The van der Waals surface area contributed by atoms with Crippen molar-refractivity contribution in [1.29, 1.82) is 0 Å². The lowest BCUT2D eigenvalue weighted by Crippen LogP contribution is -2.44. The number of nitrogens with zero attached hydrogens (tertiary/aromatic N) is 1. The number of rotatable bonds is 2. The fraction of sp³-hybridized carbons (Fsp3) is 0.500. The molecule has 1 unspecified atom stereocenters. The van der Waals surface area contributed by atoms with Gasteiger partial charge in [-0.3, -0.25) is 4.79 Å². The third-order valence-electron chi connectivity index (χ3n) is 3.65. The van der Waals surface area contributed by atoms with E-state index in [1.54, 1.807) is 19.2 Å². The molecule has 3 nitrogen and oxygen atoms in total. The Hall–Kier alpha value is -1.43. The van der Waals surface area contributed by atoms with Crippen LogP contribution < -0.4 is 5.32 Å². The Morgan fingerprint density at radius 1 is 1.43 bits per heavy atom. The van der Waals surface area contributed by atoms with E-state index in [0.29, 0.717) is 29.2 Å². The Bertz CT molecular complexity index is 533. The normalized spacial score (nSPS) is 19.5. The van der Waals surface area contributed by atoms with Gasteiger partial charge >= 0.3 is 6.18 Å². The maximum Gasteiger partial charge on any atom is 0.393 e.